The number of benzene rings is 1. The number of nitrogens with zero attached hydrogens (tertiary/aromatic N) is 1. The summed E-state index contributed by atoms with van der Waals surface area (Å²) in [5.41, 5.74) is 1.93. The maximum absolute atomic E-state index is 5.94. The van der Waals surface area contributed by atoms with E-state index in [1.807, 2.05) is 37.3 Å². The molecule has 0 spiro atoms. The normalized spacial score (nSPS) is 11.0. The van der Waals surface area contributed by atoms with Crippen LogP contribution in [0, 0.1) is 6.92 Å². The SMILES string of the molecule is Cc1cc(CCCCCOc2c(Br)cc(-c3ccco3)cc2Br)on1. The van der Waals surface area contributed by atoms with Crippen molar-refractivity contribution in [3.63, 3.8) is 0 Å². The quantitative estimate of drug-likeness (QED) is 0.351. The summed E-state index contributed by atoms with van der Waals surface area (Å²) in [7, 11) is 0. The van der Waals surface area contributed by atoms with E-state index >= 15 is 0 Å². The van der Waals surface area contributed by atoms with E-state index in [4.69, 9.17) is 13.7 Å². The zero-order valence-corrected chi connectivity index (χ0v) is 17.1. The summed E-state index contributed by atoms with van der Waals surface area (Å²) in [6.45, 7) is 2.61. The first-order chi connectivity index (χ1) is 12.1. The number of furan rings is 1. The van der Waals surface area contributed by atoms with Gasteiger partial charge in [-0.2, -0.15) is 0 Å². The van der Waals surface area contributed by atoms with Crippen molar-refractivity contribution in [2.45, 2.75) is 32.6 Å². The van der Waals surface area contributed by atoms with Crippen LogP contribution in [-0.2, 0) is 6.42 Å². The second-order valence-corrected chi connectivity index (χ2v) is 7.55. The molecule has 0 radical (unpaired) electrons. The molecule has 0 aliphatic carbocycles. The number of aryl methyl sites for hydroxylation is 2. The van der Waals surface area contributed by atoms with E-state index in [9.17, 15) is 0 Å². The first kappa shape index (κ1) is 18.3. The zero-order chi connectivity index (χ0) is 17.6. The summed E-state index contributed by atoms with van der Waals surface area (Å²) < 4.78 is 18.4. The molecule has 0 bridgehead atoms. The van der Waals surface area contributed by atoms with Gasteiger partial charge in [0.25, 0.3) is 0 Å². The average Bonchev–Trinajstić information content (AvgIpc) is 3.24. The van der Waals surface area contributed by atoms with E-state index in [0.29, 0.717) is 6.61 Å². The summed E-state index contributed by atoms with van der Waals surface area (Å²) in [5, 5.41) is 3.90. The molecule has 0 saturated heterocycles. The van der Waals surface area contributed by atoms with Gasteiger partial charge in [0.05, 0.1) is 27.5 Å². The number of ether oxygens (including phenoxy) is 1. The van der Waals surface area contributed by atoms with E-state index in [1.165, 1.54) is 0 Å². The molecule has 0 atom stereocenters. The van der Waals surface area contributed by atoms with Crippen LogP contribution in [0.25, 0.3) is 11.3 Å². The third-order valence-corrected chi connectivity index (χ3v) is 4.97. The number of unbranched alkanes of at least 4 members (excludes halogenated alkanes) is 2. The molecule has 4 nitrogen and oxygen atoms in total. The maximum Gasteiger partial charge on any atom is 0.147 e. The van der Waals surface area contributed by atoms with Gasteiger partial charge >= 0.3 is 0 Å². The highest BCUT2D eigenvalue weighted by Crippen LogP contribution is 2.38. The van der Waals surface area contributed by atoms with Gasteiger partial charge in [-0.05, 0) is 82.3 Å². The van der Waals surface area contributed by atoms with Crippen LogP contribution >= 0.6 is 31.9 Å². The molecule has 0 unspecified atom stereocenters. The third kappa shape index (κ3) is 4.98. The monoisotopic (exact) mass is 467 g/mol. The Hall–Kier alpha value is -1.53. The van der Waals surface area contributed by atoms with Gasteiger partial charge in [0, 0.05) is 18.1 Å². The van der Waals surface area contributed by atoms with Gasteiger partial charge in [-0.15, -0.1) is 0 Å². The lowest BCUT2D eigenvalue weighted by Crippen LogP contribution is -1.99. The first-order valence-electron chi connectivity index (χ1n) is 8.21. The fourth-order valence-corrected chi connectivity index (χ4v) is 3.98. The second-order valence-electron chi connectivity index (χ2n) is 5.84. The van der Waals surface area contributed by atoms with Gasteiger partial charge < -0.3 is 13.7 Å². The lowest BCUT2D eigenvalue weighted by atomic mass is 10.1. The Kier molecular flexibility index (Phi) is 6.37. The molecule has 2 aromatic heterocycles. The predicted octanol–water partition coefficient (Wildman–Crippen LogP) is 6.56. The molecule has 132 valence electrons. The number of hydrogen-bond acceptors (Lipinski definition) is 4. The number of rotatable bonds is 8. The molecular weight excluding hydrogens is 450 g/mol. The molecule has 25 heavy (non-hydrogen) atoms. The predicted molar refractivity (Wildman–Crippen MR) is 104 cm³/mol. The Morgan fingerprint density at radius 3 is 2.52 bits per heavy atom. The highest BCUT2D eigenvalue weighted by Gasteiger charge is 2.11. The van der Waals surface area contributed by atoms with E-state index in [-0.39, 0.29) is 0 Å². The molecular formula is C19H19Br2NO3. The largest absolute Gasteiger partial charge is 0.491 e. The minimum Gasteiger partial charge on any atom is -0.491 e. The molecule has 6 heteroatoms. The van der Waals surface area contributed by atoms with Crippen molar-refractivity contribution >= 4 is 31.9 Å². The van der Waals surface area contributed by atoms with Crippen LogP contribution in [0.2, 0.25) is 0 Å². The lowest BCUT2D eigenvalue weighted by molar-refractivity contribution is 0.300. The summed E-state index contributed by atoms with van der Waals surface area (Å²) in [6, 6.07) is 9.81. The van der Waals surface area contributed by atoms with Crippen molar-refractivity contribution < 1.29 is 13.7 Å². The number of hydrogen-bond donors (Lipinski definition) is 0. The maximum atomic E-state index is 5.94. The van der Waals surface area contributed by atoms with Crippen LogP contribution in [-0.4, -0.2) is 11.8 Å². The van der Waals surface area contributed by atoms with Gasteiger partial charge in [-0.1, -0.05) is 5.16 Å². The van der Waals surface area contributed by atoms with Crippen LogP contribution in [0.4, 0.5) is 0 Å². The van der Waals surface area contributed by atoms with Gasteiger partial charge in [-0.3, -0.25) is 0 Å². The van der Waals surface area contributed by atoms with Crippen molar-refractivity contribution in [3.8, 4) is 17.1 Å². The topological polar surface area (TPSA) is 48.4 Å². The lowest BCUT2D eigenvalue weighted by Gasteiger charge is -2.11. The average molecular weight is 469 g/mol. The van der Waals surface area contributed by atoms with E-state index < -0.39 is 0 Å². The van der Waals surface area contributed by atoms with Crippen LogP contribution in [0.1, 0.15) is 30.7 Å². The Labute approximate surface area is 163 Å². The Morgan fingerprint density at radius 1 is 1.08 bits per heavy atom. The standard InChI is InChI=1S/C19H19Br2NO3/c1-13-10-15(25-22-13)6-3-2-4-8-24-19-16(20)11-14(12-17(19)21)18-7-5-9-23-18/h5,7,9-12H,2-4,6,8H2,1H3. The van der Waals surface area contributed by atoms with Crippen LogP contribution in [0.15, 0.2) is 54.5 Å². The Morgan fingerprint density at radius 2 is 1.88 bits per heavy atom. The highest BCUT2D eigenvalue weighted by atomic mass is 79.9. The molecule has 2 heterocycles. The molecule has 3 aromatic rings. The van der Waals surface area contributed by atoms with Crippen LogP contribution in [0.5, 0.6) is 5.75 Å². The summed E-state index contributed by atoms with van der Waals surface area (Å²) in [6.07, 6.45) is 5.73. The van der Waals surface area contributed by atoms with Crippen molar-refractivity contribution in [1.29, 1.82) is 0 Å². The molecule has 0 aliphatic heterocycles. The Balaban J connectivity index is 1.46. The summed E-state index contributed by atoms with van der Waals surface area (Å²) >= 11 is 7.17. The molecule has 0 saturated carbocycles. The molecule has 0 aliphatic rings. The first-order valence-corrected chi connectivity index (χ1v) is 9.80. The van der Waals surface area contributed by atoms with Crippen molar-refractivity contribution in [3.05, 3.63) is 57.0 Å². The van der Waals surface area contributed by atoms with Crippen molar-refractivity contribution in [2.75, 3.05) is 6.61 Å². The molecule has 0 N–H and O–H groups in total. The fraction of sp³-hybridized carbons (Fsp3) is 0.316. The molecule has 3 rings (SSSR count). The van der Waals surface area contributed by atoms with Crippen molar-refractivity contribution in [1.82, 2.24) is 5.16 Å². The summed E-state index contributed by atoms with van der Waals surface area (Å²) in [5.74, 6) is 2.61. The van der Waals surface area contributed by atoms with Crippen LogP contribution < -0.4 is 4.74 Å². The molecule has 0 fully saturated rings. The molecule has 1 aromatic carbocycles. The minimum absolute atomic E-state index is 0.673. The van der Waals surface area contributed by atoms with Crippen molar-refractivity contribution in [2.24, 2.45) is 0 Å². The fourth-order valence-electron chi connectivity index (χ4n) is 2.57. The van der Waals surface area contributed by atoms with Crippen LogP contribution in [0.3, 0.4) is 0 Å². The van der Waals surface area contributed by atoms with E-state index in [2.05, 4.69) is 37.0 Å². The molecule has 0 amide bonds. The van der Waals surface area contributed by atoms with Gasteiger partial charge in [0.1, 0.15) is 17.3 Å². The number of halogens is 2. The second kappa shape index (κ2) is 8.72. The van der Waals surface area contributed by atoms with E-state index in [0.717, 1.165) is 63.2 Å². The van der Waals surface area contributed by atoms with Gasteiger partial charge in [0.15, 0.2) is 0 Å². The zero-order valence-electron chi connectivity index (χ0n) is 13.9. The highest BCUT2D eigenvalue weighted by molar-refractivity contribution is 9.11. The van der Waals surface area contributed by atoms with Gasteiger partial charge in [-0.25, -0.2) is 0 Å². The smallest absolute Gasteiger partial charge is 0.147 e. The van der Waals surface area contributed by atoms with Gasteiger partial charge in [0.2, 0.25) is 0 Å². The third-order valence-electron chi connectivity index (χ3n) is 3.79. The minimum atomic E-state index is 0.673. The number of aromatic nitrogens is 1. The van der Waals surface area contributed by atoms with E-state index in [1.54, 1.807) is 6.26 Å². The summed E-state index contributed by atoms with van der Waals surface area (Å²) in [4.78, 5) is 0. The Bertz CT molecular complexity index is 789.